The molecule has 0 saturated carbocycles. The maximum absolute atomic E-state index is 11.7. The molecule has 1 aromatic heterocycles. The molecule has 0 fully saturated rings. The van der Waals surface area contributed by atoms with E-state index in [2.05, 4.69) is 17.0 Å². The Hall–Kier alpha value is -1.52. The third-order valence-corrected chi connectivity index (χ3v) is 4.33. The number of aromatic nitrogens is 1. The van der Waals surface area contributed by atoms with Gasteiger partial charge < -0.3 is 4.57 Å². The number of hydrogen-bond donors (Lipinski definition) is 2. The van der Waals surface area contributed by atoms with Crippen LogP contribution >= 0.6 is 11.6 Å². The molecule has 100 valence electrons. The van der Waals surface area contributed by atoms with Crippen molar-refractivity contribution in [3.63, 3.8) is 0 Å². The van der Waals surface area contributed by atoms with E-state index in [4.69, 9.17) is 17.4 Å². The number of halogens is 1. The summed E-state index contributed by atoms with van der Waals surface area (Å²) in [5.41, 5.74) is 5.97. The lowest BCUT2D eigenvalue weighted by atomic mass is 9.86. The van der Waals surface area contributed by atoms with Crippen LogP contribution in [0, 0.1) is 5.92 Å². The molecule has 1 aliphatic rings. The predicted molar refractivity (Wildman–Crippen MR) is 75.8 cm³/mol. The minimum atomic E-state index is -0.0790. The molecule has 1 aliphatic carbocycles. The highest BCUT2D eigenvalue weighted by Gasteiger charge is 2.28. The molecule has 1 amide bonds. The molecule has 1 unspecified atom stereocenters. The van der Waals surface area contributed by atoms with Gasteiger partial charge in [-0.3, -0.25) is 10.2 Å². The van der Waals surface area contributed by atoms with E-state index in [1.54, 1.807) is 0 Å². The van der Waals surface area contributed by atoms with Crippen molar-refractivity contribution in [1.29, 1.82) is 0 Å². The molecule has 3 N–H and O–H groups in total. The summed E-state index contributed by atoms with van der Waals surface area (Å²) in [6.07, 6.45) is 2.47. The van der Waals surface area contributed by atoms with Gasteiger partial charge in [-0.1, -0.05) is 11.6 Å². The zero-order valence-electron chi connectivity index (χ0n) is 10.7. The SMILES string of the molecule is Cn1c2c(c3cc(Cl)ccc31)CC(C(=O)NN)CC2. The van der Waals surface area contributed by atoms with Crippen LogP contribution in [0.2, 0.25) is 5.02 Å². The number of fused-ring (bicyclic) bond motifs is 3. The van der Waals surface area contributed by atoms with Crippen molar-refractivity contribution < 1.29 is 4.79 Å². The molecule has 1 aromatic carbocycles. The highest BCUT2D eigenvalue weighted by molar-refractivity contribution is 6.31. The lowest BCUT2D eigenvalue weighted by Crippen LogP contribution is -2.38. The largest absolute Gasteiger partial charge is 0.347 e. The standard InChI is InChI=1S/C14H16ClN3O/c1-18-12-4-2-8(14(19)17-16)6-10(12)11-7-9(15)3-5-13(11)18/h3,5,7-8H,2,4,6,16H2,1H3,(H,17,19). The van der Waals surface area contributed by atoms with Crippen LogP contribution in [0.1, 0.15) is 17.7 Å². The molecule has 1 atom stereocenters. The van der Waals surface area contributed by atoms with Crippen LogP contribution in [0.25, 0.3) is 10.9 Å². The summed E-state index contributed by atoms with van der Waals surface area (Å²) in [6.45, 7) is 0. The molecule has 1 heterocycles. The van der Waals surface area contributed by atoms with Crippen molar-refractivity contribution in [3.05, 3.63) is 34.5 Å². The molecule has 19 heavy (non-hydrogen) atoms. The van der Waals surface area contributed by atoms with E-state index in [1.807, 2.05) is 18.2 Å². The molecule has 2 aromatic rings. The topological polar surface area (TPSA) is 60.0 Å². The molecule has 0 bridgehead atoms. The Labute approximate surface area is 116 Å². The summed E-state index contributed by atoms with van der Waals surface area (Å²) in [4.78, 5) is 11.7. The number of carbonyl (C=O) groups is 1. The lowest BCUT2D eigenvalue weighted by Gasteiger charge is -2.21. The van der Waals surface area contributed by atoms with Gasteiger partial charge in [-0.15, -0.1) is 0 Å². The van der Waals surface area contributed by atoms with Crippen molar-refractivity contribution in [3.8, 4) is 0 Å². The Morgan fingerprint density at radius 2 is 2.32 bits per heavy atom. The number of nitrogens with zero attached hydrogens (tertiary/aromatic N) is 1. The van der Waals surface area contributed by atoms with E-state index in [-0.39, 0.29) is 11.8 Å². The van der Waals surface area contributed by atoms with E-state index in [1.165, 1.54) is 16.8 Å². The smallest absolute Gasteiger partial charge is 0.237 e. The Balaban J connectivity index is 2.13. The summed E-state index contributed by atoms with van der Waals surface area (Å²) < 4.78 is 2.21. The van der Waals surface area contributed by atoms with E-state index < -0.39 is 0 Å². The zero-order valence-corrected chi connectivity index (χ0v) is 11.5. The maximum atomic E-state index is 11.7. The number of nitrogens with one attached hydrogen (secondary N) is 1. The number of nitrogens with two attached hydrogens (primary N) is 1. The second-order valence-corrected chi connectivity index (χ2v) is 5.53. The average molecular weight is 278 g/mol. The van der Waals surface area contributed by atoms with E-state index in [0.29, 0.717) is 0 Å². The first kappa shape index (κ1) is 12.5. The Bertz CT molecular complexity index is 662. The number of hydrazine groups is 1. The fourth-order valence-electron chi connectivity index (χ4n) is 3.09. The monoisotopic (exact) mass is 277 g/mol. The number of aryl methyl sites for hydroxylation is 1. The zero-order chi connectivity index (χ0) is 13.6. The molecule has 0 radical (unpaired) electrons. The van der Waals surface area contributed by atoms with Crippen molar-refractivity contribution in [2.24, 2.45) is 18.8 Å². The Morgan fingerprint density at radius 3 is 3.05 bits per heavy atom. The third kappa shape index (κ3) is 1.91. The fourth-order valence-corrected chi connectivity index (χ4v) is 3.27. The maximum Gasteiger partial charge on any atom is 0.237 e. The van der Waals surface area contributed by atoms with E-state index in [9.17, 15) is 4.79 Å². The predicted octanol–water partition coefficient (Wildman–Crippen LogP) is 1.93. The number of benzene rings is 1. The van der Waals surface area contributed by atoms with Gasteiger partial charge in [0.1, 0.15) is 0 Å². The lowest BCUT2D eigenvalue weighted by molar-refractivity contribution is -0.125. The van der Waals surface area contributed by atoms with Gasteiger partial charge in [-0.05, 0) is 43.0 Å². The average Bonchev–Trinajstić information content (AvgIpc) is 2.70. The van der Waals surface area contributed by atoms with Crippen LogP contribution in [-0.2, 0) is 24.7 Å². The number of hydrogen-bond acceptors (Lipinski definition) is 2. The minimum Gasteiger partial charge on any atom is -0.347 e. The minimum absolute atomic E-state index is 0.0397. The molecule has 3 rings (SSSR count). The summed E-state index contributed by atoms with van der Waals surface area (Å²) in [5.74, 6) is 5.12. The van der Waals surface area contributed by atoms with Gasteiger partial charge in [0.2, 0.25) is 5.91 Å². The van der Waals surface area contributed by atoms with Crippen LogP contribution in [0.4, 0.5) is 0 Å². The van der Waals surface area contributed by atoms with Crippen LogP contribution in [0.15, 0.2) is 18.2 Å². The summed E-state index contributed by atoms with van der Waals surface area (Å²) in [5, 5.41) is 1.88. The van der Waals surface area contributed by atoms with Crippen LogP contribution < -0.4 is 11.3 Å². The van der Waals surface area contributed by atoms with E-state index in [0.717, 1.165) is 29.7 Å². The van der Waals surface area contributed by atoms with Crippen molar-refractivity contribution in [2.45, 2.75) is 19.3 Å². The first-order valence-corrected chi connectivity index (χ1v) is 6.75. The third-order valence-electron chi connectivity index (χ3n) is 4.09. The second kappa shape index (κ2) is 4.54. The summed E-state index contributed by atoms with van der Waals surface area (Å²) >= 11 is 6.09. The molecule has 5 heteroatoms. The van der Waals surface area contributed by atoms with Crippen LogP contribution in [-0.4, -0.2) is 10.5 Å². The van der Waals surface area contributed by atoms with Crippen LogP contribution in [0.3, 0.4) is 0 Å². The Kier molecular flexibility index (Phi) is 2.99. The van der Waals surface area contributed by atoms with Gasteiger partial charge in [0.15, 0.2) is 0 Å². The van der Waals surface area contributed by atoms with Gasteiger partial charge in [-0.2, -0.15) is 0 Å². The summed E-state index contributed by atoms with van der Waals surface area (Å²) in [7, 11) is 2.07. The molecule has 0 spiro atoms. The highest BCUT2D eigenvalue weighted by Crippen LogP contribution is 2.34. The van der Waals surface area contributed by atoms with Crippen molar-refractivity contribution in [2.75, 3.05) is 0 Å². The second-order valence-electron chi connectivity index (χ2n) is 5.09. The van der Waals surface area contributed by atoms with Crippen molar-refractivity contribution >= 4 is 28.4 Å². The van der Waals surface area contributed by atoms with Crippen molar-refractivity contribution in [1.82, 2.24) is 9.99 Å². The highest BCUT2D eigenvalue weighted by atomic mass is 35.5. The van der Waals surface area contributed by atoms with Gasteiger partial charge >= 0.3 is 0 Å². The molecule has 0 saturated heterocycles. The summed E-state index contributed by atoms with van der Waals surface area (Å²) in [6, 6.07) is 5.92. The number of carbonyl (C=O) groups excluding carboxylic acids is 1. The Morgan fingerprint density at radius 1 is 1.53 bits per heavy atom. The first-order valence-electron chi connectivity index (χ1n) is 6.38. The fraction of sp³-hybridized carbons (Fsp3) is 0.357. The quantitative estimate of drug-likeness (QED) is 0.475. The van der Waals surface area contributed by atoms with Gasteiger partial charge in [0.25, 0.3) is 0 Å². The number of rotatable bonds is 1. The number of amides is 1. The molecular weight excluding hydrogens is 262 g/mol. The first-order chi connectivity index (χ1) is 9.11. The van der Waals surface area contributed by atoms with Crippen LogP contribution in [0.5, 0.6) is 0 Å². The van der Waals surface area contributed by atoms with E-state index >= 15 is 0 Å². The normalized spacial score (nSPS) is 18.4. The molecular formula is C14H16ClN3O. The molecule has 0 aliphatic heterocycles. The molecule has 4 nitrogen and oxygen atoms in total. The van der Waals surface area contributed by atoms with Gasteiger partial charge in [0, 0.05) is 34.6 Å². The van der Waals surface area contributed by atoms with Gasteiger partial charge in [-0.25, -0.2) is 5.84 Å². The van der Waals surface area contributed by atoms with Gasteiger partial charge in [0.05, 0.1) is 0 Å².